The minimum Gasteiger partial charge on any atom is -0.361 e. The highest BCUT2D eigenvalue weighted by atomic mass is 127. The highest BCUT2D eigenvalue weighted by molar-refractivity contribution is 14.0. The number of aryl methyl sites for hydroxylation is 2. The topological polar surface area (TPSA) is 70.0 Å². The fourth-order valence-corrected chi connectivity index (χ4v) is 3.65. The molecule has 158 valence electrons. The molecule has 4 rings (SSSR count). The van der Waals surface area contributed by atoms with Crippen LogP contribution < -0.4 is 10.6 Å². The number of aromatic amines is 1. The van der Waals surface area contributed by atoms with E-state index in [9.17, 15) is 0 Å². The van der Waals surface area contributed by atoms with E-state index in [1.165, 1.54) is 22.0 Å². The molecule has 0 amide bonds. The third-order valence-corrected chi connectivity index (χ3v) is 5.21. The number of aromatic nitrogens is 3. The van der Waals surface area contributed by atoms with Crippen molar-refractivity contribution in [2.24, 2.45) is 12.0 Å². The van der Waals surface area contributed by atoms with Gasteiger partial charge in [0.1, 0.15) is 12.4 Å². The molecular weight excluding hydrogens is 487 g/mol. The number of nitrogens with one attached hydrogen (secondary N) is 3. The number of H-pyrrole nitrogens is 1. The lowest BCUT2D eigenvalue weighted by Crippen LogP contribution is -2.38. The molecule has 0 saturated heterocycles. The average Bonchev–Trinajstić information content (AvgIpc) is 3.27. The van der Waals surface area contributed by atoms with Crippen molar-refractivity contribution in [2.75, 3.05) is 13.1 Å². The number of fused-ring (bicyclic) bond motifs is 2. The summed E-state index contributed by atoms with van der Waals surface area (Å²) < 4.78 is 2.11. The zero-order chi connectivity index (χ0) is 20.2. The first-order chi connectivity index (χ1) is 14.2. The van der Waals surface area contributed by atoms with Crippen molar-refractivity contribution in [3.63, 3.8) is 0 Å². The van der Waals surface area contributed by atoms with Crippen molar-refractivity contribution in [2.45, 2.75) is 26.8 Å². The number of nitrogens with zero attached hydrogens (tertiary/aromatic N) is 3. The molecule has 0 atom stereocenters. The van der Waals surface area contributed by atoms with Crippen molar-refractivity contribution in [1.82, 2.24) is 25.2 Å². The van der Waals surface area contributed by atoms with Gasteiger partial charge in [0, 0.05) is 37.2 Å². The first-order valence-corrected chi connectivity index (χ1v) is 10.1. The van der Waals surface area contributed by atoms with E-state index < -0.39 is 0 Å². The highest BCUT2D eigenvalue weighted by Gasteiger charge is 2.08. The predicted octanol–water partition coefficient (Wildman–Crippen LogP) is 4.28. The van der Waals surface area contributed by atoms with Gasteiger partial charge in [-0.25, -0.2) is 9.98 Å². The van der Waals surface area contributed by atoms with Gasteiger partial charge in [-0.2, -0.15) is 0 Å². The number of hydrogen-bond acceptors (Lipinski definition) is 2. The predicted molar refractivity (Wildman–Crippen MR) is 136 cm³/mol. The van der Waals surface area contributed by atoms with Gasteiger partial charge in [0.2, 0.25) is 0 Å². The summed E-state index contributed by atoms with van der Waals surface area (Å²) in [5, 5.41) is 8.06. The molecule has 3 N–H and O–H groups in total. The van der Waals surface area contributed by atoms with Gasteiger partial charge in [0.05, 0.1) is 11.0 Å². The smallest absolute Gasteiger partial charge is 0.191 e. The zero-order valence-electron chi connectivity index (χ0n) is 17.7. The number of rotatable bonds is 6. The van der Waals surface area contributed by atoms with Crippen LogP contribution in [0.4, 0.5) is 0 Å². The van der Waals surface area contributed by atoms with E-state index in [-0.39, 0.29) is 24.0 Å². The van der Waals surface area contributed by atoms with Gasteiger partial charge in [-0.1, -0.05) is 24.3 Å². The summed E-state index contributed by atoms with van der Waals surface area (Å²) in [4.78, 5) is 12.8. The molecule has 30 heavy (non-hydrogen) atoms. The molecule has 2 aromatic carbocycles. The quantitative estimate of drug-likeness (QED) is 0.204. The summed E-state index contributed by atoms with van der Waals surface area (Å²) in [7, 11) is 2.04. The number of para-hydroxylation sites is 2. The number of guanidine groups is 1. The van der Waals surface area contributed by atoms with Gasteiger partial charge in [-0.05, 0) is 49.6 Å². The van der Waals surface area contributed by atoms with Gasteiger partial charge >= 0.3 is 0 Å². The molecule has 0 fully saturated rings. The first-order valence-electron chi connectivity index (χ1n) is 10.1. The molecule has 2 heterocycles. The van der Waals surface area contributed by atoms with Gasteiger partial charge < -0.3 is 20.2 Å². The Morgan fingerprint density at radius 2 is 2.00 bits per heavy atom. The number of hydrogen-bond donors (Lipinski definition) is 3. The molecule has 6 nitrogen and oxygen atoms in total. The first kappa shape index (κ1) is 22.1. The largest absolute Gasteiger partial charge is 0.361 e. The van der Waals surface area contributed by atoms with Gasteiger partial charge in [0.25, 0.3) is 0 Å². The van der Waals surface area contributed by atoms with Crippen LogP contribution in [0.25, 0.3) is 21.9 Å². The lowest BCUT2D eigenvalue weighted by molar-refractivity contribution is 0.773. The Morgan fingerprint density at radius 3 is 2.80 bits per heavy atom. The molecule has 0 spiro atoms. The van der Waals surface area contributed by atoms with E-state index in [0.717, 1.165) is 42.3 Å². The van der Waals surface area contributed by atoms with E-state index in [1.54, 1.807) is 0 Å². The lowest BCUT2D eigenvalue weighted by atomic mass is 10.1. The van der Waals surface area contributed by atoms with Crippen LogP contribution in [0, 0.1) is 6.92 Å². The minimum atomic E-state index is 0. The van der Waals surface area contributed by atoms with E-state index in [0.29, 0.717) is 6.54 Å². The molecule has 0 aliphatic carbocycles. The number of halogens is 1. The second-order valence-corrected chi connectivity index (χ2v) is 7.31. The Kier molecular flexibility index (Phi) is 7.36. The molecule has 0 radical (unpaired) electrons. The average molecular weight is 516 g/mol. The Morgan fingerprint density at radius 1 is 1.17 bits per heavy atom. The van der Waals surface area contributed by atoms with Crippen molar-refractivity contribution >= 4 is 51.9 Å². The zero-order valence-corrected chi connectivity index (χ0v) is 20.0. The van der Waals surface area contributed by atoms with Crippen LogP contribution in [0.1, 0.15) is 23.9 Å². The summed E-state index contributed by atoms with van der Waals surface area (Å²) in [5.41, 5.74) is 5.92. The summed E-state index contributed by atoms with van der Waals surface area (Å²) in [6, 6.07) is 14.7. The van der Waals surface area contributed by atoms with Gasteiger partial charge in [-0.3, -0.25) is 0 Å². The van der Waals surface area contributed by atoms with Crippen molar-refractivity contribution in [3.05, 3.63) is 65.6 Å². The van der Waals surface area contributed by atoms with E-state index in [2.05, 4.69) is 64.5 Å². The fraction of sp³-hybridized carbons (Fsp3) is 0.304. The highest BCUT2D eigenvalue weighted by Crippen LogP contribution is 2.19. The summed E-state index contributed by atoms with van der Waals surface area (Å²) >= 11 is 0. The number of aliphatic imine (C=N–C) groups is 1. The van der Waals surface area contributed by atoms with Crippen molar-refractivity contribution < 1.29 is 0 Å². The normalized spacial score (nSPS) is 11.6. The van der Waals surface area contributed by atoms with Crippen molar-refractivity contribution in [3.8, 4) is 0 Å². The Balaban J connectivity index is 0.00000256. The molecule has 0 saturated carbocycles. The molecular formula is C23H29IN6. The minimum absolute atomic E-state index is 0. The van der Waals surface area contributed by atoms with Crippen LogP contribution in [0.15, 0.2) is 53.7 Å². The monoisotopic (exact) mass is 516 g/mol. The van der Waals surface area contributed by atoms with Crippen LogP contribution in [0.3, 0.4) is 0 Å². The molecule has 7 heteroatoms. The lowest BCUT2D eigenvalue weighted by Gasteiger charge is -2.11. The van der Waals surface area contributed by atoms with E-state index in [4.69, 9.17) is 9.98 Å². The van der Waals surface area contributed by atoms with E-state index in [1.807, 2.05) is 25.2 Å². The van der Waals surface area contributed by atoms with Crippen LogP contribution >= 0.6 is 24.0 Å². The maximum absolute atomic E-state index is 4.74. The number of imidazole rings is 1. The summed E-state index contributed by atoms with van der Waals surface area (Å²) in [6.45, 7) is 6.36. The molecule has 0 aliphatic heterocycles. The van der Waals surface area contributed by atoms with Crippen LogP contribution in [-0.2, 0) is 20.0 Å². The second-order valence-electron chi connectivity index (χ2n) is 7.31. The third kappa shape index (κ3) is 4.77. The summed E-state index contributed by atoms with van der Waals surface area (Å²) in [5.74, 6) is 1.77. The molecule has 4 aromatic rings. The fourth-order valence-electron chi connectivity index (χ4n) is 3.65. The Labute approximate surface area is 194 Å². The third-order valence-electron chi connectivity index (χ3n) is 5.21. The van der Waals surface area contributed by atoms with Gasteiger partial charge in [-0.15, -0.1) is 24.0 Å². The Hall–Kier alpha value is -2.55. The maximum Gasteiger partial charge on any atom is 0.191 e. The Bertz CT molecular complexity index is 1160. The summed E-state index contributed by atoms with van der Waals surface area (Å²) in [6.07, 6.45) is 3.04. The van der Waals surface area contributed by atoms with Gasteiger partial charge in [0.15, 0.2) is 5.96 Å². The van der Waals surface area contributed by atoms with Crippen molar-refractivity contribution in [1.29, 1.82) is 0 Å². The second kappa shape index (κ2) is 9.97. The van der Waals surface area contributed by atoms with E-state index >= 15 is 0 Å². The van der Waals surface area contributed by atoms with Crippen LogP contribution in [0.2, 0.25) is 0 Å². The molecule has 0 aliphatic rings. The standard InChI is InChI=1S/C23H28N6.HI/c1-4-24-23(27-15-22-28-19-7-5-6-8-21(19)29(22)3)25-12-11-17-14-26-20-13-16(2)9-10-18(17)20;/h5-10,13-14,26H,4,11-12,15H2,1-3H3,(H2,24,25,27);1H. The number of benzene rings is 2. The SMILES string of the molecule is CCNC(=NCc1nc2ccccc2n1C)NCCc1c[nH]c2cc(C)ccc12.I. The van der Waals surface area contributed by atoms with Crippen LogP contribution in [0.5, 0.6) is 0 Å². The molecule has 2 aromatic heterocycles. The molecule has 0 unspecified atom stereocenters. The van der Waals surface area contributed by atoms with Crippen LogP contribution in [-0.4, -0.2) is 33.6 Å². The molecule has 0 bridgehead atoms. The maximum atomic E-state index is 4.74.